The average Bonchev–Trinajstić information content (AvgIpc) is 3.11. The summed E-state index contributed by atoms with van der Waals surface area (Å²) in [6.07, 6.45) is 3.29. The molecule has 1 aliphatic carbocycles. The number of benzene rings is 1. The molecular formula is C20H28N4O2. The Morgan fingerprint density at radius 1 is 1.46 bits per heavy atom. The Morgan fingerprint density at radius 3 is 3.00 bits per heavy atom. The van der Waals surface area contributed by atoms with Crippen LogP contribution in [0.1, 0.15) is 32.3 Å². The Balaban J connectivity index is 1.40. The lowest BCUT2D eigenvalue weighted by Crippen LogP contribution is -2.64. The van der Waals surface area contributed by atoms with Gasteiger partial charge in [-0.05, 0) is 37.4 Å². The Bertz CT molecular complexity index is 812. The number of likely N-dealkylation sites (tertiary alicyclic amines) is 1. The molecule has 4 rings (SSSR count). The van der Waals surface area contributed by atoms with E-state index in [4.69, 9.17) is 0 Å². The molecule has 6 heteroatoms. The number of nitrogens with one attached hydrogen (secondary N) is 2. The molecule has 1 saturated heterocycles. The van der Waals surface area contributed by atoms with Crippen LogP contribution in [0, 0.1) is 11.3 Å². The molecule has 0 bridgehead atoms. The molecule has 1 saturated carbocycles. The van der Waals surface area contributed by atoms with Crippen LogP contribution >= 0.6 is 0 Å². The first-order chi connectivity index (χ1) is 12.4. The fourth-order valence-corrected chi connectivity index (χ4v) is 5.53. The number of carbonyl (C=O) groups excluding carboxylic acids is 1. The fraction of sp³-hybridized carbons (Fsp3) is 0.600. The summed E-state index contributed by atoms with van der Waals surface area (Å²) in [6.45, 7) is 5.49. The zero-order valence-corrected chi connectivity index (χ0v) is 15.7. The van der Waals surface area contributed by atoms with Gasteiger partial charge in [0, 0.05) is 23.4 Å². The van der Waals surface area contributed by atoms with Crippen LogP contribution in [0.25, 0.3) is 10.9 Å². The van der Waals surface area contributed by atoms with E-state index in [1.807, 2.05) is 18.2 Å². The second kappa shape index (κ2) is 6.35. The average molecular weight is 356 g/mol. The van der Waals surface area contributed by atoms with Gasteiger partial charge in [0.2, 0.25) is 5.91 Å². The van der Waals surface area contributed by atoms with E-state index in [2.05, 4.69) is 41.3 Å². The van der Waals surface area contributed by atoms with Gasteiger partial charge in [-0.1, -0.05) is 26.0 Å². The molecule has 2 aromatic rings. The molecule has 0 radical (unpaired) electrons. The van der Waals surface area contributed by atoms with Crippen molar-refractivity contribution in [3.8, 4) is 0 Å². The van der Waals surface area contributed by atoms with E-state index in [0.29, 0.717) is 18.4 Å². The van der Waals surface area contributed by atoms with Crippen molar-refractivity contribution >= 4 is 16.8 Å². The number of rotatable bonds is 4. The Hall–Kier alpha value is -1.92. The van der Waals surface area contributed by atoms with E-state index in [0.717, 1.165) is 35.9 Å². The second-order valence-electron chi connectivity index (χ2n) is 8.58. The number of carbonyl (C=O) groups is 1. The molecule has 6 nitrogen and oxygen atoms in total. The van der Waals surface area contributed by atoms with E-state index in [-0.39, 0.29) is 17.4 Å². The van der Waals surface area contributed by atoms with Crippen molar-refractivity contribution < 1.29 is 9.90 Å². The number of aromatic nitrogens is 2. The maximum absolute atomic E-state index is 12.5. The fourth-order valence-electron chi connectivity index (χ4n) is 5.53. The smallest absolute Gasteiger partial charge is 0.224 e. The van der Waals surface area contributed by atoms with Gasteiger partial charge in [-0.2, -0.15) is 5.10 Å². The Morgan fingerprint density at radius 2 is 2.27 bits per heavy atom. The van der Waals surface area contributed by atoms with Gasteiger partial charge in [0.1, 0.15) is 0 Å². The lowest BCUT2D eigenvalue weighted by molar-refractivity contribution is -0.121. The van der Waals surface area contributed by atoms with Crippen molar-refractivity contribution in [1.29, 1.82) is 0 Å². The zero-order valence-electron chi connectivity index (χ0n) is 15.7. The normalized spacial score (nSPS) is 31.7. The molecule has 1 aromatic carbocycles. The van der Waals surface area contributed by atoms with Gasteiger partial charge >= 0.3 is 0 Å². The number of aromatic amines is 1. The highest BCUT2D eigenvalue weighted by atomic mass is 16.3. The molecule has 140 valence electrons. The first-order valence-corrected chi connectivity index (χ1v) is 9.48. The molecular weight excluding hydrogens is 328 g/mol. The monoisotopic (exact) mass is 356 g/mol. The van der Waals surface area contributed by atoms with Crippen molar-refractivity contribution in [3.05, 3.63) is 30.0 Å². The van der Waals surface area contributed by atoms with Crippen LogP contribution in [0.3, 0.4) is 0 Å². The second-order valence-corrected chi connectivity index (χ2v) is 8.58. The van der Waals surface area contributed by atoms with Crippen LogP contribution in [-0.2, 0) is 11.2 Å². The van der Waals surface area contributed by atoms with Gasteiger partial charge in [-0.25, -0.2) is 0 Å². The summed E-state index contributed by atoms with van der Waals surface area (Å²) in [5, 5.41) is 21.6. The molecule has 2 unspecified atom stereocenters. The maximum atomic E-state index is 12.5. The third kappa shape index (κ3) is 2.91. The Labute approximate surface area is 154 Å². The standard InChI is InChI=1S/C20H28N4O2/c1-12(2)19-20(11-24(19)3)8-16(17(25)9-20)22-18(26)7-13-4-5-14-10-21-23-15(14)6-13/h4-6,10,12,16-17,19,25H,7-9,11H2,1-3H3,(H,21,23)(H,22,26)/t16-,17-,19?,20?/m1/s1. The van der Waals surface area contributed by atoms with Crippen LogP contribution in [0.5, 0.6) is 0 Å². The summed E-state index contributed by atoms with van der Waals surface area (Å²) in [5.74, 6) is 0.523. The van der Waals surface area contributed by atoms with E-state index in [9.17, 15) is 9.90 Å². The molecule has 1 spiro atoms. The van der Waals surface area contributed by atoms with Crippen molar-refractivity contribution in [2.24, 2.45) is 11.3 Å². The van der Waals surface area contributed by atoms with Gasteiger partial charge < -0.3 is 15.3 Å². The highest BCUT2D eigenvalue weighted by Gasteiger charge is 2.58. The van der Waals surface area contributed by atoms with Gasteiger partial charge in [0.25, 0.3) is 0 Å². The molecule has 2 fully saturated rings. The highest BCUT2D eigenvalue weighted by Crippen LogP contribution is 2.52. The number of hydrogen-bond donors (Lipinski definition) is 3. The molecule has 2 heterocycles. The number of aliphatic hydroxyl groups is 1. The van der Waals surface area contributed by atoms with Crippen LogP contribution in [-0.4, -0.2) is 57.9 Å². The van der Waals surface area contributed by atoms with E-state index in [1.54, 1.807) is 6.20 Å². The van der Waals surface area contributed by atoms with Crippen LogP contribution in [0.4, 0.5) is 0 Å². The lowest BCUT2D eigenvalue weighted by atomic mass is 9.66. The van der Waals surface area contributed by atoms with E-state index < -0.39 is 6.10 Å². The molecule has 3 N–H and O–H groups in total. The Kier molecular flexibility index (Phi) is 4.28. The number of aliphatic hydroxyl groups excluding tert-OH is 1. The minimum atomic E-state index is -0.455. The molecule has 1 amide bonds. The zero-order chi connectivity index (χ0) is 18.5. The summed E-state index contributed by atoms with van der Waals surface area (Å²) >= 11 is 0. The van der Waals surface area contributed by atoms with E-state index >= 15 is 0 Å². The number of H-pyrrole nitrogens is 1. The number of hydrogen-bond acceptors (Lipinski definition) is 4. The summed E-state index contributed by atoms with van der Waals surface area (Å²) < 4.78 is 0. The van der Waals surface area contributed by atoms with E-state index in [1.165, 1.54) is 0 Å². The van der Waals surface area contributed by atoms with Gasteiger partial charge in [-0.15, -0.1) is 0 Å². The molecule has 4 atom stereocenters. The van der Waals surface area contributed by atoms with Crippen LogP contribution in [0.2, 0.25) is 0 Å². The number of nitrogens with zero attached hydrogens (tertiary/aromatic N) is 2. The first-order valence-electron chi connectivity index (χ1n) is 9.48. The van der Waals surface area contributed by atoms with Crippen LogP contribution in [0.15, 0.2) is 24.4 Å². The summed E-state index contributed by atoms with van der Waals surface area (Å²) in [7, 11) is 2.15. The lowest BCUT2D eigenvalue weighted by Gasteiger charge is -2.57. The van der Waals surface area contributed by atoms with Gasteiger partial charge in [0.15, 0.2) is 0 Å². The number of amides is 1. The van der Waals surface area contributed by atoms with Crippen molar-refractivity contribution in [1.82, 2.24) is 20.4 Å². The molecule has 26 heavy (non-hydrogen) atoms. The van der Waals surface area contributed by atoms with Crippen LogP contribution < -0.4 is 5.32 Å². The molecule has 2 aliphatic rings. The highest BCUT2D eigenvalue weighted by molar-refractivity contribution is 5.83. The third-order valence-electron chi connectivity index (χ3n) is 6.22. The van der Waals surface area contributed by atoms with Crippen molar-refractivity contribution in [2.45, 2.75) is 51.3 Å². The minimum Gasteiger partial charge on any atom is -0.391 e. The maximum Gasteiger partial charge on any atom is 0.224 e. The summed E-state index contributed by atoms with van der Waals surface area (Å²) in [5.41, 5.74) is 2.03. The van der Waals surface area contributed by atoms with Gasteiger partial charge in [-0.3, -0.25) is 9.89 Å². The third-order valence-corrected chi connectivity index (χ3v) is 6.22. The van der Waals surface area contributed by atoms with Crippen molar-refractivity contribution in [2.75, 3.05) is 13.6 Å². The quantitative estimate of drug-likeness (QED) is 0.779. The molecule has 1 aliphatic heterocycles. The minimum absolute atomic E-state index is 0.0289. The first kappa shape index (κ1) is 17.5. The topological polar surface area (TPSA) is 81.2 Å². The largest absolute Gasteiger partial charge is 0.391 e. The SMILES string of the molecule is CC(C)C1N(C)CC12C[C@@H](O)[C@H](NC(=O)Cc1ccc3cn[nH]c3c1)C2. The predicted molar refractivity (Wildman–Crippen MR) is 101 cm³/mol. The van der Waals surface area contributed by atoms with Crippen molar-refractivity contribution in [3.63, 3.8) is 0 Å². The molecule has 1 aromatic heterocycles. The van der Waals surface area contributed by atoms with Gasteiger partial charge in [0.05, 0.1) is 30.3 Å². The summed E-state index contributed by atoms with van der Waals surface area (Å²) in [6, 6.07) is 6.23. The summed E-state index contributed by atoms with van der Waals surface area (Å²) in [4.78, 5) is 14.9. The predicted octanol–water partition coefficient (Wildman–Crippen LogP) is 1.70. The number of fused-ring (bicyclic) bond motifs is 1.